The zero-order chi connectivity index (χ0) is 22.9. The minimum atomic E-state index is -0.906. The van der Waals surface area contributed by atoms with E-state index in [1.807, 2.05) is 25.1 Å². The van der Waals surface area contributed by atoms with Gasteiger partial charge in [-0.2, -0.15) is 0 Å². The first-order valence-corrected chi connectivity index (χ1v) is 10.7. The maximum Gasteiger partial charge on any atom is 0.257 e. The molecule has 5 rings (SSSR count). The molecule has 2 heterocycles. The lowest BCUT2D eigenvalue weighted by atomic mass is 10.1. The Hall–Kier alpha value is -4.13. The van der Waals surface area contributed by atoms with Gasteiger partial charge in [0.1, 0.15) is 6.04 Å². The van der Waals surface area contributed by atoms with Gasteiger partial charge in [0.25, 0.3) is 11.8 Å². The number of rotatable bonds is 5. The number of ether oxygens (including phenoxy) is 2. The van der Waals surface area contributed by atoms with Gasteiger partial charge in [0.15, 0.2) is 11.5 Å². The van der Waals surface area contributed by atoms with Crippen LogP contribution in [0.5, 0.6) is 11.5 Å². The van der Waals surface area contributed by atoms with E-state index in [1.54, 1.807) is 54.6 Å². The number of carbonyl (C=O) groups is 3. The van der Waals surface area contributed by atoms with Gasteiger partial charge in [0.2, 0.25) is 12.7 Å². The van der Waals surface area contributed by atoms with Crippen LogP contribution in [0.15, 0.2) is 72.8 Å². The van der Waals surface area contributed by atoms with Gasteiger partial charge in [-0.15, -0.1) is 0 Å². The van der Waals surface area contributed by atoms with E-state index < -0.39 is 11.9 Å². The third-order valence-electron chi connectivity index (χ3n) is 5.83. The average molecular weight is 442 g/mol. The van der Waals surface area contributed by atoms with Crippen molar-refractivity contribution in [2.24, 2.45) is 0 Å². The van der Waals surface area contributed by atoms with Gasteiger partial charge in [-0.1, -0.05) is 42.0 Å². The summed E-state index contributed by atoms with van der Waals surface area (Å²) in [6, 6.07) is 20.5. The largest absolute Gasteiger partial charge is 0.454 e. The molecule has 0 aromatic heterocycles. The number of hydrogen-bond acceptors (Lipinski definition) is 5. The van der Waals surface area contributed by atoms with Gasteiger partial charge in [0.05, 0.1) is 12.1 Å². The van der Waals surface area contributed by atoms with Crippen molar-refractivity contribution < 1.29 is 23.9 Å². The van der Waals surface area contributed by atoms with Gasteiger partial charge in [0, 0.05) is 12.1 Å². The highest BCUT2D eigenvalue weighted by Crippen LogP contribution is 2.34. The quantitative estimate of drug-likeness (QED) is 0.563. The summed E-state index contributed by atoms with van der Waals surface area (Å²) in [6.45, 7) is 2.20. The molecule has 3 aromatic rings. The molecule has 0 saturated carbocycles. The second-order valence-electron chi connectivity index (χ2n) is 8.11. The van der Waals surface area contributed by atoms with Crippen LogP contribution in [0.3, 0.4) is 0 Å². The molecule has 0 aliphatic carbocycles. The fourth-order valence-corrected chi connectivity index (χ4v) is 4.21. The molecule has 1 unspecified atom stereocenters. The van der Waals surface area contributed by atoms with Crippen molar-refractivity contribution in [3.63, 3.8) is 0 Å². The maximum atomic E-state index is 13.6. The van der Waals surface area contributed by atoms with Crippen LogP contribution in [-0.2, 0) is 16.1 Å². The van der Waals surface area contributed by atoms with Crippen molar-refractivity contribution in [2.45, 2.75) is 25.9 Å². The number of imide groups is 1. The minimum Gasteiger partial charge on any atom is -0.454 e. The molecular weight excluding hydrogens is 420 g/mol. The summed E-state index contributed by atoms with van der Waals surface area (Å²) >= 11 is 0. The Kier molecular flexibility index (Phi) is 5.30. The number of benzene rings is 3. The van der Waals surface area contributed by atoms with E-state index in [-0.39, 0.29) is 31.6 Å². The molecule has 0 spiro atoms. The van der Waals surface area contributed by atoms with Crippen LogP contribution in [0, 0.1) is 6.92 Å². The van der Waals surface area contributed by atoms with Crippen LogP contribution in [0.2, 0.25) is 0 Å². The Morgan fingerprint density at radius 1 is 0.970 bits per heavy atom. The van der Waals surface area contributed by atoms with Crippen LogP contribution in [0.25, 0.3) is 0 Å². The monoisotopic (exact) mass is 442 g/mol. The molecule has 0 N–H and O–H groups in total. The minimum absolute atomic E-state index is 0.0736. The predicted molar refractivity (Wildman–Crippen MR) is 121 cm³/mol. The van der Waals surface area contributed by atoms with Crippen molar-refractivity contribution >= 4 is 23.4 Å². The van der Waals surface area contributed by atoms with Gasteiger partial charge in [-0.3, -0.25) is 14.4 Å². The molecule has 1 saturated heterocycles. The number of anilines is 1. The van der Waals surface area contributed by atoms with Gasteiger partial charge < -0.3 is 14.4 Å². The molecule has 1 fully saturated rings. The number of nitrogens with zero attached hydrogens (tertiary/aromatic N) is 2. The summed E-state index contributed by atoms with van der Waals surface area (Å²) in [6.07, 6.45) is -0.0736. The van der Waals surface area contributed by atoms with Crippen LogP contribution in [0.1, 0.15) is 27.9 Å². The first kappa shape index (κ1) is 20.8. The molecule has 3 aromatic carbocycles. The normalized spacial score (nSPS) is 16.9. The van der Waals surface area contributed by atoms with Crippen LogP contribution in [0.4, 0.5) is 5.69 Å². The lowest BCUT2D eigenvalue weighted by Crippen LogP contribution is -2.45. The fourth-order valence-electron chi connectivity index (χ4n) is 4.21. The third kappa shape index (κ3) is 3.93. The summed E-state index contributed by atoms with van der Waals surface area (Å²) < 4.78 is 10.8. The SMILES string of the molecule is Cc1cccc(C(=O)N(Cc2ccc3c(c2)OCO3)C2CC(=O)N(c3ccccc3)C2=O)c1. The summed E-state index contributed by atoms with van der Waals surface area (Å²) in [5.41, 5.74) is 2.68. The predicted octanol–water partition coefficient (Wildman–Crippen LogP) is 3.70. The van der Waals surface area contributed by atoms with E-state index in [2.05, 4.69) is 0 Å². The summed E-state index contributed by atoms with van der Waals surface area (Å²) in [5.74, 6) is 0.183. The lowest BCUT2D eigenvalue weighted by molar-refractivity contribution is -0.122. The van der Waals surface area contributed by atoms with Crippen molar-refractivity contribution in [3.05, 3.63) is 89.5 Å². The highest BCUT2D eigenvalue weighted by atomic mass is 16.7. The van der Waals surface area contributed by atoms with Gasteiger partial charge in [-0.25, -0.2) is 4.90 Å². The Balaban J connectivity index is 1.50. The molecule has 2 aliphatic rings. The molecule has 0 bridgehead atoms. The summed E-state index contributed by atoms with van der Waals surface area (Å²) in [5, 5.41) is 0. The number of carbonyl (C=O) groups excluding carboxylic acids is 3. The maximum absolute atomic E-state index is 13.6. The Labute approximate surface area is 191 Å². The van der Waals surface area contributed by atoms with E-state index in [4.69, 9.17) is 9.47 Å². The molecule has 3 amide bonds. The van der Waals surface area contributed by atoms with E-state index in [0.717, 1.165) is 11.1 Å². The number of para-hydroxylation sites is 1. The van der Waals surface area contributed by atoms with Crippen LogP contribution in [-0.4, -0.2) is 35.5 Å². The van der Waals surface area contributed by atoms with Gasteiger partial charge >= 0.3 is 0 Å². The highest BCUT2D eigenvalue weighted by molar-refractivity contribution is 6.23. The van der Waals surface area contributed by atoms with E-state index in [9.17, 15) is 14.4 Å². The first-order valence-electron chi connectivity index (χ1n) is 10.7. The Morgan fingerprint density at radius 3 is 2.55 bits per heavy atom. The molecule has 166 valence electrons. The lowest BCUT2D eigenvalue weighted by Gasteiger charge is -2.28. The smallest absolute Gasteiger partial charge is 0.257 e. The summed E-state index contributed by atoms with van der Waals surface area (Å²) in [7, 11) is 0. The van der Waals surface area contributed by atoms with Crippen molar-refractivity contribution in [1.29, 1.82) is 0 Å². The van der Waals surface area contributed by atoms with Crippen LogP contribution < -0.4 is 14.4 Å². The van der Waals surface area contributed by atoms with E-state index >= 15 is 0 Å². The van der Waals surface area contributed by atoms with Crippen LogP contribution >= 0.6 is 0 Å². The van der Waals surface area contributed by atoms with Crippen molar-refractivity contribution in [1.82, 2.24) is 4.90 Å². The number of amides is 3. The van der Waals surface area contributed by atoms with E-state index in [0.29, 0.717) is 22.7 Å². The first-order chi connectivity index (χ1) is 16.0. The second-order valence-corrected chi connectivity index (χ2v) is 8.11. The molecule has 7 nitrogen and oxygen atoms in total. The molecule has 0 radical (unpaired) electrons. The number of fused-ring (bicyclic) bond motifs is 1. The second kappa shape index (κ2) is 8.43. The molecule has 1 atom stereocenters. The molecule has 33 heavy (non-hydrogen) atoms. The Morgan fingerprint density at radius 2 is 1.76 bits per heavy atom. The van der Waals surface area contributed by atoms with E-state index in [1.165, 1.54) is 9.80 Å². The topological polar surface area (TPSA) is 76.2 Å². The molecular formula is C26H22N2O5. The molecule has 7 heteroatoms. The fraction of sp³-hybridized carbons (Fsp3) is 0.192. The summed E-state index contributed by atoms with van der Waals surface area (Å²) in [4.78, 5) is 42.5. The van der Waals surface area contributed by atoms with Gasteiger partial charge in [-0.05, 0) is 48.9 Å². The average Bonchev–Trinajstić information content (AvgIpc) is 3.41. The van der Waals surface area contributed by atoms with Crippen molar-refractivity contribution in [3.8, 4) is 11.5 Å². The number of hydrogen-bond donors (Lipinski definition) is 0. The highest BCUT2D eigenvalue weighted by Gasteiger charge is 2.44. The third-order valence-corrected chi connectivity index (χ3v) is 5.83. The van der Waals surface area contributed by atoms with Crippen molar-refractivity contribution in [2.75, 3.05) is 11.7 Å². The Bertz CT molecular complexity index is 1240. The molecule has 2 aliphatic heterocycles. The standard InChI is InChI=1S/C26H22N2O5/c1-17-6-5-7-19(12-17)25(30)27(15-18-10-11-22-23(13-18)33-16-32-22)21-14-24(29)28(26(21)31)20-8-3-2-4-9-20/h2-13,21H,14-16H2,1H3. The number of aryl methyl sites for hydroxylation is 1. The zero-order valence-corrected chi connectivity index (χ0v) is 18.1. The zero-order valence-electron chi connectivity index (χ0n) is 18.1.